The van der Waals surface area contributed by atoms with Gasteiger partial charge in [0, 0.05) is 12.7 Å². The highest BCUT2D eigenvalue weighted by molar-refractivity contribution is 6.30. The molecule has 1 aliphatic rings. The molecule has 0 saturated carbocycles. The summed E-state index contributed by atoms with van der Waals surface area (Å²) in [6.07, 6.45) is 1.75. The second-order valence-corrected chi connectivity index (χ2v) is 7.65. The second-order valence-electron chi connectivity index (χ2n) is 7.21. The van der Waals surface area contributed by atoms with Crippen LogP contribution in [0.2, 0.25) is 5.02 Å². The Morgan fingerprint density at radius 2 is 1.86 bits per heavy atom. The van der Waals surface area contributed by atoms with Gasteiger partial charge in [0.25, 0.3) is 5.91 Å². The maximum atomic E-state index is 12.9. The Morgan fingerprint density at radius 1 is 1.04 bits per heavy atom. The number of amides is 1. The van der Waals surface area contributed by atoms with Crippen LogP contribution in [-0.2, 0) is 13.1 Å². The van der Waals surface area contributed by atoms with Crippen molar-refractivity contribution in [3.05, 3.63) is 94.4 Å². The lowest BCUT2D eigenvalue weighted by atomic mass is 10.0. The Balaban J connectivity index is 1.38. The summed E-state index contributed by atoms with van der Waals surface area (Å²) in [5.41, 5.74) is 6.90. The van der Waals surface area contributed by atoms with E-state index in [1.54, 1.807) is 16.7 Å². The highest BCUT2D eigenvalue weighted by atomic mass is 35.5. The van der Waals surface area contributed by atoms with Crippen molar-refractivity contribution in [3.8, 4) is 11.1 Å². The molecule has 0 N–H and O–H groups in total. The summed E-state index contributed by atoms with van der Waals surface area (Å²) in [4.78, 5) is 19.3. The summed E-state index contributed by atoms with van der Waals surface area (Å²) in [6, 6.07) is 20.5. The van der Waals surface area contributed by atoms with E-state index in [-0.39, 0.29) is 5.91 Å². The highest BCUT2D eigenvalue weighted by Gasteiger charge is 2.32. The lowest BCUT2D eigenvalue weighted by Crippen LogP contribution is -2.24. The maximum absolute atomic E-state index is 12.9. The fraction of sp³-hybridized carbons (Fsp3) is 0.130. The van der Waals surface area contributed by atoms with Gasteiger partial charge in [-0.1, -0.05) is 65.7 Å². The molecule has 5 heteroatoms. The summed E-state index contributed by atoms with van der Waals surface area (Å²) < 4.78 is 1.79. The molecule has 4 aromatic rings. The molecular weight excluding hydrogens is 370 g/mol. The fourth-order valence-electron chi connectivity index (χ4n) is 3.78. The van der Waals surface area contributed by atoms with Gasteiger partial charge in [-0.15, -0.1) is 0 Å². The first kappa shape index (κ1) is 17.0. The molecule has 0 radical (unpaired) electrons. The number of benzene rings is 2. The first-order valence-corrected chi connectivity index (χ1v) is 9.58. The molecule has 1 amide bonds. The minimum Gasteiger partial charge on any atom is -0.327 e. The van der Waals surface area contributed by atoms with Crippen LogP contribution in [0, 0.1) is 6.92 Å². The van der Waals surface area contributed by atoms with Crippen LogP contribution >= 0.6 is 11.6 Å². The van der Waals surface area contributed by atoms with E-state index in [0.717, 1.165) is 16.9 Å². The van der Waals surface area contributed by atoms with Crippen molar-refractivity contribution in [2.24, 2.45) is 0 Å². The third kappa shape index (κ3) is 2.86. The number of aromatic nitrogens is 2. The van der Waals surface area contributed by atoms with Crippen molar-refractivity contribution in [3.63, 3.8) is 0 Å². The van der Waals surface area contributed by atoms with Gasteiger partial charge in [0.05, 0.1) is 17.3 Å². The molecule has 3 heterocycles. The third-order valence-corrected chi connectivity index (χ3v) is 5.39. The van der Waals surface area contributed by atoms with Crippen LogP contribution in [0.25, 0.3) is 16.8 Å². The number of rotatable bonds is 3. The number of hydrogen-bond acceptors (Lipinski definition) is 2. The number of pyridine rings is 1. The van der Waals surface area contributed by atoms with Gasteiger partial charge in [-0.25, -0.2) is 4.98 Å². The SMILES string of the molecule is Cc1cccc(-c2ccc(CN3Cc4nc5ccc(Cl)cn5c4C3=O)cc2)c1. The van der Waals surface area contributed by atoms with Crippen molar-refractivity contribution >= 4 is 23.2 Å². The first-order chi connectivity index (χ1) is 13.6. The van der Waals surface area contributed by atoms with Crippen LogP contribution in [-0.4, -0.2) is 20.2 Å². The van der Waals surface area contributed by atoms with Crippen molar-refractivity contribution < 1.29 is 4.79 Å². The van der Waals surface area contributed by atoms with E-state index >= 15 is 0 Å². The molecular formula is C23H18ClN3O. The summed E-state index contributed by atoms with van der Waals surface area (Å²) in [6.45, 7) is 3.18. The van der Waals surface area contributed by atoms with Gasteiger partial charge in [0.1, 0.15) is 11.3 Å². The van der Waals surface area contributed by atoms with E-state index in [2.05, 4.69) is 60.4 Å². The molecule has 0 atom stereocenters. The van der Waals surface area contributed by atoms with Gasteiger partial charge in [-0.05, 0) is 35.7 Å². The number of hydrogen-bond donors (Lipinski definition) is 0. The third-order valence-electron chi connectivity index (χ3n) is 5.16. The number of fused-ring (bicyclic) bond motifs is 3. The standard InChI is InChI=1S/C23H18ClN3O/c1-15-3-2-4-18(11-15)17-7-5-16(6-8-17)12-26-14-20-22(23(26)28)27-13-19(24)9-10-21(27)25-20/h2-11,13H,12,14H2,1H3. The van der Waals surface area contributed by atoms with Crippen LogP contribution < -0.4 is 0 Å². The van der Waals surface area contributed by atoms with Gasteiger partial charge < -0.3 is 4.90 Å². The Kier molecular flexibility index (Phi) is 3.95. The van der Waals surface area contributed by atoms with Gasteiger partial charge in [0.15, 0.2) is 0 Å². The van der Waals surface area contributed by atoms with Crippen LogP contribution in [0.5, 0.6) is 0 Å². The summed E-state index contributed by atoms with van der Waals surface area (Å²) in [7, 11) is 0. The summed E-state index contributed by atoms with van der Waals surface area (Å²) >= 11 is 6.09. The van der Waals surface area contributed by atoms with E-state index in [1.807, 2.05) is 11.0 Å². The monoisotopic (exact) mass is 387 g/mol. The Labute approximate surface area is 168 Å². The molecule has 0 aliphatic carbocycles. The molecule has 138 valence electrons. The fourth-order valence-corrected chi connectivity index (χ4v) is 3.94. The largest absolute Gasteiger partial charge is 0.327 e. The van der Waals surface area contributed by atoms with Crippen molar-refractivity contribution in [2.45, 2.75) is 20.0 Å². The zero-order valence-electron chi connectivity index (χ0n) is 15.4. The number of aryl methyl sites for hydroxylation is 1. The Hall–Kier alpha value is -3.11. The molecule has 0 saturated heterocycles. The van der Waals surface area contributed by atoms with Crippen molar-refractivity contribution in [1.29, 1.82) is 0 Å². The zero-order valence-corrected chi connectivity index (χ0v) is 16.1. The quantitative estimate of drug-likeness (QED) is 0.489. The normalized spacial score (nSPS) is 13.4. The second kappa shape index (κ2) is 6.50. The Bertz CT molecular complexity index is 1210. The molecule has 1 aliphatic heterocycles. The molecule has 0 fully saturated rings. The molecule has 0 spiro atoms. The topological polar surface area (TPSA) is 37.6 Å². The smallest absolute Gasteiger partial charge is 0.273 e. The highest BCUT2D eigenvalue weighted by Crippen LogP contribution is 2.27. The number of carbonyl (C=O) groups is 1. The summed E-state index contributed by atoms with van der Waals surface area (Å²) in [5, 5.41) is 0.589. The van der Waals surface area contributed by atoms with Crippen LogP contribution in [0.15, 0.2) is 66.9 Å². The Morgan fingerprint density at radius 3 is 2.64 bits per heavy atom. The van der Waals surface area contributed by atoms with Gasteiger partial charge in [-0.3, -0.25) is 9.20 Å². The van der Waals surface area contributed by atoms with Gasteiger partial charge in [0.2, 0.25) is 0 Å². The van der Waals surface area contributed by atoms with E-state index in [1.165, 1.54) is 16.7 Å². The molecule has 2 aromatic heterocycles. The number of halogens is 1. The summed E-state index contributed by atoms with van der Waals surface area (Å²) in [5.74, 6) is -0.00692. The van der Waals surface area contributed by atoms with E-state index in [4.69, 9.17) is 11.6 Å². The average molecular weight is 388 g/mol. The molecule has 4 nitrogen and oxygen atoms in total. The first-order valence-electron chi connectivity index (χ1n) is 9.20. The average Bonchev–Trinajstić information content (AvgIpc) is 3.19. The minimum absolute atomic E-state index is 0.00692. The van der Waals surface area contributed by atoms with Gasteiger partial charge >= 0.3 is 0 Å². The molecule has 2 aromatic carbocycles. The molecule has 0 bridgehead atoms. The van der Waals surface area contributed by atoms with E-state index in [0.29, 0.717) is 23.8 Å². The van der Waals surface area contributed by atoms with Crippen molar-refractivity contribution in [1.82, 2.24) is 14.3 Å². The van der Waals surface area contributed by atoms with Crippen LogP contribution in [0.4, 0.5) is 0 Å². The van der Waals surface area contributed by atoms with E-state index in [9.17, 15) is 4.79 Å². The van der Waals surface area contributed by atoms with Crippen LogP contribution in [0.1, 0.15) is 27.3 Å². The number of imidazole rings is 1. The lowest BCUT2D eigenvalue weighted by Gasteiger charge is -2.16. The molecule has 5 rings (SSSR count). The molecule has 0 unspecified atom stereocenters. The van der Waals surface area contributed by atoms with Crippen molar-refractivity contribution in [2.75, 3.05) is 0 Å². The lowest BCUT2D eigenvalue weighted by molar-refractivity contribution is 0.0760. The molecule has 28 heavy (non-hydrogen) atoms. The minimum atomic E-state index is -0.00692. The predicted octanol–water partition coefficient (Wildman–Crippen LogP) is 5.12. The maximum Gasteiger partial charge on any atom is 0.273 e. The number of carbonyl (C=O) groups excluding carboxylic acids is 1. The predicted molar refractivity (Wildman–Crippen MR) is 110 cm³/mol. The van der Waals surface area contributed by atoms with Crippen LogP contribution in [0.3, 0.4) is 0 Å². The zero-order chi connectivity index (χ0) is 19.3. The van der Waals surface area contributed by atoms with E-state index < -0.39 is 0 Å². The van der Waals surface area contributed by atoms with Gasteiger partial charge in [-0.2, -0.15) is 0 Å². The number of nitrogens with zero attached hydrogens (tertiary/aromatic N) is 3.